The predicted molar refractivity (Wildman–Crippen MR) is 65.8 cm³/mol. The molecule has 0 radical (unpaired) electrons. The van der Waals surface area contributed by atoms with E-state index in [1.54, 1.807) is 0 Å². The molecule has 1 aromatic heterocycles. The molecule has 0 fully saturated rings. The lowest BCUT2D eigenvalue weighted by atomic mass is 10.2. The lowest BCUT2D eigenvalue weighted by Gasteiger charge is -2.07. The first-order valence-corrected chi connectivity index (χ1v) is 6.05. The minimum atomic E-state index is 0.648. The summed E-state index contributed by atoms with van der Waals surface area (Å²) in [4.78, 5) is 8.19. The lowest BCUT2D eigenvalue weighted by molar-refractivity contribution is 0.305. The molecule has 0 aromatic carbocycles. The summed E-state index contributed by atoms with van der Waals surface area (Å²) in [5.41, 5.74) is 0. The first-order valence-electron chi connectivity index (χ1n) is 6.05. The van der Waals surface area contributed by atoms with E-state index in [4.69, 9.17) is 4.74 Å². The highest BCUT2D eigenvalue weighted by atomic mass is 16.5. The Bertz CT molecular complexity index is 291. The van der Waals surface area contributed by atoms with Gasteiger partial charge in [-0.25, -0.2) is 9.97 Å². The maximum atomic E-state index is 5.43. The molecule has 0 bridgehead atoms. The minimum Gasteiger partial charge on any atom is -0.478 e. The van der Waals surface area contributed by atoms with Gasteiger partial charge in [0.1, 0.15) is 12.1 Å². The van der Waals surface area contributed by atoms with Crippen LogP contribution in [0, 0.1) is 0 Å². The van der Waals surface area contributed by atoms with Gasteiger partial charge in [-0.1, -0.05) is 26.7 Å². The monoisotopic (exact) mass is 223 g/mol. The van der Waals surface area contributed by atoms with Crippen molar-refractivity contribution in [3.63, 3.8) is 0 Å². The number of nitrogens with zero attached hydrogens (tertiary/aromatic N) is 2. The van der Waals surface area contributed by atoms with Gasteiger partial charge in [0.25, 0.3) is 0 Å². The summed E-state index contributed by atoms with van der Waals surface area (Å²) in [7, 11) is 0. The Morgan fingerprint density at radius 1 is 1.19 bits per heavy atom. The number of rotatable bonds is 8. The number of unbranched alkanes of at least 4 members (excludes halogenated alkanes) is 2. The highest BCUT2D eigenvalue weighted by molar-refractivity contribution is 5.36. The average molecular weight is 223 g/mol. The molecular formula is C12H21N3O. The van der Waals surface area contributed by atoms with Crippen LogP contribution < -0.4 is 10.1 Å². The van der Waals surface area contributed by atoms with Crippen LogP contribution >= 0.6 is 0 Å². The summed E-state index contributed by atoms with van der Waals surface area (Å²) in [6.07, 6.45) is 6.18. The molecular weight excluding hydrogens is 202 g/mol. The number of nitrogens with one attached hydrogen (secondary N) is 1. The number of ether oxygens (including phenoxy) is 1. The van der Waals surface area contributed by atoms with Crippen LogP contribution in [0.4, 0.5) is 5.82 Å². The molecule has 1 rings (SSSR count). The minimum absolute atomic E-state index is 0.648. The van der Waals surface area contributed by atoms with Crippen molar-refractivity contribution < 1.29 is 4.74 Å². The Balaban J connectivity index is 2.35. The fourth-order valence-corrected chi connectivity index (χ4v) is 1.31. The van der Waals surface area contributed by atoms with Crippen molar-refractivity contribution in [3.8, 4) is 5.88 Å². The molecule has 0 aliphatic carbocycles. The summed E-state index contributed by atoms with van der Waals surface area (Å²) < 4.78 is 5.43. The molecule has 0 amide bonds. The number of anilines is 1. The molecule has 0 saturated carbocycles. The fraction of sp³-hybridized carbons (Fsp3) is 0.667. The van der Waals surface area contributed by atoms with E-state index in [-0.39, 0.29) is 0 Å². The smallest absolute Gasteiger partial charge is 0.218 e. The average Bonchev–Trinajstić information content (AvgIpc) is 2.33. The Morgan fingerprint density at radius 3 is 2.81 bits per heavy atom. The van der Waals surface area contributed by atoms with Crippen molar-refractivity contribution in [2.24, 2.45) is 0 Å². The largest absolute Gasteiger partial charge is 0.478 e. The molecule has 4 heteroatoms. The van der Waals surface area contributed by atoms with Crippen LogP contribution in [0.2, 0.25) is 0 Å². The molecule has 0 aliphatic heterocycles. The van der Waals surface area contributed by atoms with E-state index in [9.17, 15) is 0 Å². The first-order chi connectivity index (χ1) is 7.86. The van der Waals surface area contributed by atoms with E-state index in [0.717, 1.165) is 18.8 Å². The van der Waals surface area contributed by atoms with Gasteiger partial charge in [-0.05, 0) is 12.8 Å². The van der Waals surface area contributed by atoms with Gasteiger partial charge >= 0.3 is 0 Å². The van der Waals surface area contributed by atoms with Crippen molar-refractivity contribution in [3.05, 3.63) is 12.4 Å². The fourth-order valence-electron chi connectivity index (χ4n) is 1.31. The van der Waals surface area contributed by atoms with Crippen LogP contribution in [-0.4, -0.2) is 23.1 Å². The van der Waals surface area contributed by atoms with E-state index in [1.807, 2.05) is 6.07 Å². The van der Waals surface area contributed by atoms with Gasteiger partial charge in [-0.3, -0.25) is 0 Å². The SMILES string of the molecule is CCCCCNc1cc(OCCC)ncn1. The predicted octanol–water partition coefficient (Wildman–Crippen LogP) is 2.87. The van der Waals surface area contributed by atoms with Crippen LogP contribution in [-0.2, 0) is 0 Å². The van der Waals surface area contributed by atoms with Gasteiger partial charge in [0.05, 0.1) is 6.61 Å². The molecule has 1 aromatic rings. The van der Waals surface area contributed by atoms with Crippen molar-refractivity contribution in [1.82, 2.24) is 9.97 Å². The Morgan fingerprint density at radius 2 is 2.06 bits per heavy atom. The normalized spacial score (nSPS) is 10.1. The van der Waals surface area contributed by atoms with E-state index < -0.39 is 0 Å². The molecule has 1 N–H and O–H groups in total. The number of aromatic nitrogens is 2. The van der Waals surface area contributed by atoms with Gasteiger partial charge in [-0.15, -0.1) is 0 Å². The molecule has 0 unspecified atom stereocenters. The zero-order chi connectivity index (χ0) is 11.6. The second-order valence-electron chi connectivity index (χ2n) is 3.72. The van der Waals surface area contributed by atoms with Gasteiger partial charge in [0.2, 0.25) is 5.88 Å². The number of hydrogen-bond donors (Lipinski definition) is 1. The van der Waals surface area contributed by atoms with Gasteiger partial charge in [-0.2, -0.15) is 0 Å². The van der Waals surface area contributed by atoms with Crippen molar-refractivity contribution >= 4 is 5.82 Å². The number of hydrogen-bond acceptors (Lipinski definition) is 4. The van der Waals surface area contributed by atoms with Crippen LogP contribution in [0.25, 0.3) is 0 Å². The molecule has 1 heterocycles. The Hall–Kier alpha value is -1.32. The Labute approximate surface area is 97.5 Å². The second-order valence-corrected chi connectivity index (χ2v) is 3.72. The summed E-state index contributed by atoms with van der Waals surface area (Å²) in [6, 6.07) is 1.85. The topological polar surface area (TPSA) is 47.0 Å². The first kappa shape index (κ1) is 12.7. The third kappa shape index (κ3) is 4.96. The Kier molecular flexibility index (Phi) is 6.30. The zero-order valence-electron chi connectivity index (χ0n) is 10.2. The van der Waals surface area contributed by atoms with Crippen LogP contribution in [0.1, 0.15) is 39.5 Å². The maximum Gasteiger partial charge on any atom is 0.218 e. The van der Waals surface area contributed by atoms with Crippen LogP contribution in [0.5, 0.6) is 5.88 Å². The van der Waals surface area contributed by atoms with E-state index in [0.29, 0.717) is 12.5 Å². The molecule has 0 aliphatic rings. The van der Waals surface area contributed by atoms with Gasteiger partial charge in [0.15, 0.2) is 0 Å². The van der Waals surface area contributed by atoms with E-state index in [2.05, 4.69) is 29.1 Å². The van der Waals surface area contributed by atoms with E-state index >= 15 is 0 Å². The van der Waals surface area contributed by atoms with Gasteiger partial charge < -0.3 is 10.1 Å². The zero-order valence-corrected chi connectivity index (χ0v) is 10.2. The van der Waals surface area contributed by atoms with Crippen LogP contribution in [0.15, 0.2) is 12.4 Å². The van der Waals surface area contributed by atoms with Crippen LogP contribution in [0.3, 0.4) is 0 Å². The van der Waals surface area contributed by atoms with Crippen molar-refractivity contribution in [1.29, 1.82) is 0 Å². The molecule has 0 spiro atoms. The molecule has 4 nitrogen and oxygen atoms in total. The molecule has 90 valence electrons. The summed E-state index contributed by atoms with van der Waals surface area (Å²) >= 11 is 0. The highest BCUT2D eigenvalue weighted by Gasteiger charge is 1.98. The van der Waals surface area contributed by atoms with E-state index in [1.165, 1.54) is 25.6 Å². The third-order valence-electron chi connectivity index (χ3n) is 2.18. The highest BCUT2D eigenvalue weighted by Crippen LogP contribution is 2.11. The summed E-state index contributed by atoms with van der Waals surface area (Å²) in [6.45, 7) is 5.93. The standard InChI is InChI=1S/C12H21N3O/c1-3-5-6-7-13-11-9-12(15-10-14-11)16-8-4-2/h9-10H,3-8H2,1-2H3,(H,13,14,15). The lowest BCUT2D eigenvalue weighted by Crippen LogP contribution is -2.04. The molecule has 0 saturated heterocycles. The summed E-state index contributed by atoms with van der Waals surface area (Å²) in [5.74, 6) is 1.49. The quantitative estimate of drug-likeness (QED) is 0.688. The summed E-state index contributed by atoms with van der Waals surface area (Å²) in [5, 5.41) is 3.27. The maximum absolute atomic E-state index is 5.43. The molecule has 16 heavy (non-hydrogen) atoms. The van der Waals surface area contributed by atoms with Crippen molar-refractivity contribution in [2.75, 3.05) is 18.5 Å². The van der Waals surface area contributed by atoms with Gasteiger partial charge in [0, 0.05) is 12.6 Å². The van der Waals surface area contributed by atoms with Crippen molar-refractivity contribution in [2.45, 2.75) is 39.5 Å². The second kappa shape index (κ2) is 7.91. The third-order valence-corrected chi connectivity index (χ3v) is 2.18. The molecule has 0 atom stereocenters.